The van der Waals surface area contributed by atoms with Crippen LogP contribution in [0, 0.1) is 0 Å². The lowest BCUT2D eigenvalue weighted by atomic mass is 9.99. The van der Waals surface area contributed by atoms with E-state index in [1.807, 2.05) is 48.5 Å². The van der Waals surface area contributed by atoms with Crippen molar-refractivity contribution in [1.82, 2.24) is 19.9 Å². The van der Waals surface area contributed by atoms with Gasteiger partial charge in [-0.15, -0.1) is 0 Å². The van der Waals surface area contributed by atoms with Gasteiger partial charge in [0.15, 0.2) is 6.10 Å². The Kier molecular flexibility index (Phi) is 5.73. The molecule has 7 rings (SSSR count). The highest BCUT2D eigenvalue weighted by molar-refractivity contribution is 6.34. The number of H-pyrrole nitrogens is 2. The zero-order valence-corrected chi connectivity index (χ0v) is 20.9. The number of nitrogens with zero attached hydrogens (tertiary/aromatic N) is 2. The van der Waals surface area contributed by atoms with Crippen molar-refractivity contribution in [1.29, 1.82) is 0 Å². The monoisotopic (exact) mass is 526 g/mol. The largest absolute Gasteiger partial charge is 0.456 e. The van der Waals surface area contributed by atoms with E-state index in [1.165, 1.54) is 12.3 Å². The summed E-state index contributed by atoms with van der Waals surface area (Å²) in [6.07, 6.45) is 2.30. The Bertz CT molecular complexity index is 1680. The number of ether oxygens (including phenoxy) is 3. The minimum Gasteiger partial charge on any atom is -0.456 e. The Labute approximate surface area is 222 Å². The van der Waals surface area contributed by atoms with Crippen molar-refractivity contribution in [3.05, 3.63) is 88.3 Å². The number of hydrogen-bond acceptors (Lipinski definition) is 6. The van der Waals surface area contributed by atoms with Crippen molar-refractivity contribution in [2.75, 3.05) is 13.2 Å². The summed E-state index contributed by atoms with van der Waals surface area (Å²) < 4.78 is 17.6. The number of halogens is 1. The first-order chi connectivity index (χ1) is 18.6. The normalized spacial score (nSPS) is 20.6. The lowest BCUT2D eigenvalue weighted by Crippen LogP contribution is -2.32. The Morgan fingerprint density at radius 3 is 2.39 bits per heavy atom. The van der Waals surface area contributed by atoms with E-state index in [4.69, 9.17) is 25.8 Å². The zero-order chi connectivity index (χ0) is 25.6. The first kappa shape index (κ1) is 23.2. The summed E-state index contributed by atoms with van der Waals surface area (Å²) in [7, 11) is 0. The van der Waals surface area contributed by atoms with Gasteiger partial charge in [-0.2, -0.15) is 4.98 Å². The van der Waals surface area contributed by atoms with Crippen LogP contribution in [0.25, 0.3) is 44.7 Å². The fourth-order valence-corrected chi connectivity index (χ4v) is 5.41. The number of imidazole rings is 1. The Morgan fingerprint density at radius 2 is 1.63 bits per heavy atom. The van der Waals surface area contributed by atoms with Crippen molar-refractivity contribution in [2.24, 2.45) is 0 Å². The van der Waals surface area contributed by atoms with Crippen molar-refractivity contribution < 1.29 is 14.2 Å². The second-order valence-electron chi connectivity index (χ2n) is 9.48. The molecule has 0 saturated carbocycles. The van der Waals surface area contributed by atoms with Gasteiger partial charge in [0, 0.05) is 30.0 Å². The molecule has 1 unspecified atom stereocenters. The number of nitrogens with one attached hydrogen (secondary N) is 2. The molecule has 2 aliphatic heterocycles. The smallest absolute Gasteiger partial charge is 0.295 e. The SMILES string of the molecule is O=c1ccnc(-c2ccc(-c3ccc(-c4cc5nc(OC6CO[C@@H]7CCO[C@H]67)[nH]c5cc4Cl)cc3)cc2)[nH]1. The van der Waals surface area contributed by atoms with E-state index in [0.717, 1.165) is 45.3 Å². The molecule has 2 fully saturated rings. The van der Waals surface area contributed by atoms with E-state index < -0.39 is 0 Å². The van der Waals surface area contributed by atoms with Crippen LogP contribution in [0.1, 0.15) is 6.42 Å². The maximum absolute atomic E-state index is 11.6. The fourth-order valence-electron chi connectivity index (χ4n) is 5.14. The van der Waals surface area contributed by atoms with Crippen LogP contribution >= 0.6 is 11.6 Å². The maximum atomic E-state index is 11.6. The van der Waals surface area contributed by atoms with Crippen molar-refractivity contribution in [3.63, 3.8) is 0 Å². The minimum atomic E-state index is -0.176. The van der Waals surface area contributed by atoms with Gasteiger partial charge in [-0.1, -0.05) is 60.1 Å². The van der Waals surface area contributed by atoms with E-state index in [9.17, 15) is 4.79 Å². The summed E-state index contributed by atoms with van der Waals surface area (Å²) in [5.74, 6) is 0.545. The van der Waals surface area contributed by atoms with Crippen LogP contribution in [-0.2, 0) is 9.47 Å². The van der Waals surface area contributed by atoms with E-state index in [-0.39, 0.29) is 23.9 Å². The van der Waals surface area contributed by atoms with Gasteiger partial charge in [-0.3, -0.25) is 4.79 Å². The molecule has 8 nitrogen and oxygen atoms in total. The van der Waals surface area contributed by atoms with Crippen LogP contribution in [-0.4, -0.2) is 51.5 Å². The standard InChI is InChI=1S/C29H23ClN4O4/c30-21-14-23-22(32-29(33-23)38-25-15-37-24-10-12-36-27(24)25)13-20(21)18-5-1-16(2-6-18)17-3-7-19(8-4-17)28-31-11-9-26(35)34-28/h1-9,11,13-14,24-25,27H,10,12,15H2,(H,32,33)(H,31,34,35)/t24-,25?,27+/m1/s1. The number of aromatic amines is 2. The van der Waals surface area contributed by atoms with Crippen molar-refractivity contribution >= 4 is 22.6 Å². The highest BCUT2D eigenvalue weighted by atomic mass is 35.5. The first-order valence-corrected chi connectivity index (χ1v) is 12.8. The predicted octanol–water partition coefficient (Wildman–Crippen LogP) is 5.24. The summed E-state index contributed by atoms with van der Waals surface area (Å²) in [5.41, 5.74) is 6.25. The number of rotatable bonds is 5. The number of benzene rings is 3. The van der Waals surface area contributed by atoms with E-state index >= 15 is 0 Å². The van der Waals surface area contributed by atoms with E-state index in [2.05, 4.69) is 32.1 Å². The van der Waals surface area contributed by atoms with Gasteiger partial charge in [0.25, 0.3) is 11.6 Å². The average molecular weight is 527 g/mol. The quantitative estimate of drug-likeness (QED) is 0.325. The van der Waals surface area contributed by atoms with Crippen LogP contribution in [0.5, 0.6) is 6.01 Å². The molecule has 38 heavy (non-hydrogen) atoms. The molecule has 0 aliphatic carbocycles. The molecule has 190 valence electrons. The van der Waals surface area contributed by atoms with Gasteiger partial charge >= 0.3 is 0 Å². The summed E-state index contributed by atoms with van der Waals surface area (Å²) in [5, 5.41) is 0.623. The molecule has 0 spiro atoms. The van der Waals surface area contributed by atoms with Crippen molar-refractivity contribution in [3.8, 4) is 39.7 Å². The second kappa shape index (κ2) is 9.40. The maximum Gasteiger partial charge on any atom is 0.295 e. The summed E-state index contributed by atoms with van der Waals surface area (Å²) in [6, 6.07) is 21.8. The molecule has 0 bridgehead atoms. The first-order valence-electron chi connectivity index (χ1n) is 12.5. The summed E-state index contributed by atoms with van der Waals surface area (Å²) in [4.78, 5) is 26.4. The molecule has 2 aliphatic rings. The Balaban J connectivity index is 1.11. The Morgan fingerprint density at radius 1 is 0.895 bits per heavy atom. The molecule has 2 saturated heterocycles. The lowest BCUT2D eigenvalue weighted by Gasteiger charge is -2.15. The molecule has 0 amide bonds. The zero-order valence-electron chi connectivity index (χ0n) is 20.2. The van der Waals surface area contributed by atoms with Crippen molar-refractivity contribution in [2.45, 2.75) is 24.7 Å². The molecular weight excluding hydrogens is 504 g/mol. The summed E-state index contributed by atoms with van der Waals surface area (Å²) in [6.45, 7) is 1.20. The molecular formula is C29H23ClN4O4. The van der Waals surface area contributed by atoms with Gasteiger partial charge in [-0.05, 0) is 35.2 Å². The van der Waals surface area contributed by atoms with Gasteiger partial charge in [0.05, 0.1) is 28.8 Å². The number of hydrogen-bond donors (Lipinski definition) is 2. The number of aromatic nitrogens is 4. The summed E-state index contributed by atoms with van der Waals surface area (Å²) >= 11 is 6.67. The average Bonchev–Trinajstić information content (AvgIpc) is 3.66. The van der Waals surface area contributed by atoms with Crippen LogP contribution < -0.4 is 10.3 Å². The molecule has 3 aromatic carbocycles. The van der Waals surface area contributed by atoms with Crippen LogP contribution in [0.2, 0.25) is 5.02 Å². The molecule has 3 atom stereocenters. The third kappa shape index (κ3) is 4.26. The second-order valence-corrected chi connectivity index (χ2v) is 9.89. The van der Waals surface area contributed by atoms with Gasteiger partial charge < -0.3 is 24.2 Å². The highest BCUT2D eigenvalue weighted by Crippen LogP contribution is 2.35. The molecule has 9 heteroatoms. The van der Waals surface area contributed by atoms with Crippen LogP contribution in [0.15, 0.2) is 77.7 Å². The van der Waals surface area contributed by atoms with Gasteiger partial charge in [0.1, 0.15) is 11.9 Å². The molecule has 5 aromatic rings. The van der Waals surface area contributed by atoms with Crippen LogP contribution in [0.3, 0.4) is 0 Å². The highest BCUT2D eigenvalue weighted by Gasteiger charge is 2.43. The molecule has 0 radical (unpaired) electrons. The van der Waals surface area contributed by atoms with Crippen LogP contribution in [0.4, 0.5) is 0 Å². The third-order valence-corrected chi connectivity index (χ3v) is 7.40. The lowest BCUT2D eigenvalue weighted by molar-refractivity contribution is 0.0273. The fraction of sp³-hybridized carbons (Fsp3) is 0.207. The molecule has 2 N–H and O–H groups in total. The van der Waals surface area contributed by atoms with Gasteiger partial charge in [-0.25, -0.2) is 4.98 Å². The topological polar surface area (TPSA) is 102 Å². The number of fused-ring (bicyclic) bond motifs is 2. The Hall–Kier alpha value is -3.98. The minimum absolute atomic E-state index is 0.0453. The van der Waals surface area contributed by atoms with E-state index in [1.54, 1.807) is 0 Å². The van der Waals surface area contributed by atoms with E-state index in [0.29, 0.717) is 30.1 Å². The van der Waals surface area contributed by atoms with Gasteiger partial charge in [0.2, 0.25) is 0 Å². The third-order valence-electron chi connectivity index (χ3n) is 7.09. The predicted molar refractivity (Wildman–Crippen MR) is 144 cm³/mol. The molecule has 4 heterocycles. The molecule has 2 aromatic heterocycles.